The van der Waals surface area contributed by atoms with Gasteiger partial charge in [-0.2, -0.15) is 18.3 Å². The van der Waals surface area contributed by atoms with Crippen molar-refractivity contribution < 1.29 is 13.2 Å². The zero-order valence-electron chi connectivity index (χ0n) is 15.4. The largest absolute Gasteiger partial charge is 0.416 e. The van der Waals surface area contributed by atoms with E-state index in [-0.39, 0.29) is 0 Å². The molecular formula is C21H20F3N3S. The van der Waals surface area contributed by atoms with E-state index < -0.39 is 11.7 Å². The van der Waals surface area contributed by atoms with Crippen molar-refractivity contribution in [2.45, 2.75) is 30.3 Å². The molecule has 1 aromatic heterocycles. The lowest BCUT2D eigenvalue weighted by atomic mass is 10.0. The van der Waals surface area contributed by atoms with E-state index in [4.69, 9.17) is 5.10 Å². The Hall–Kier alpha value is -2.41. The Bertz CT molecular complexity index is 978. The zero-order chi connectivity index (χ0) is 19.7. The fourth-order valence-electron chi connectivity index (χ4n) is 3.54. The van der Waals surface area contributed by atoms with Gasteiger partial charge in [0.05, 0.1) is 16.9 Å². The van der Waals surface area contributed by atoms with E-state index in [1.165, 1.54) is 12.1 Å². The topological polar surface area (TPSA) is 29.9 Å². The monoisotopic (exact) mass is 403 g/mol. The maximum atomic E-state index is 12.9. The van der Waals surface area contributed by atoms with E-state index in [1.54, 1.807) is 16.4 Å². The summed E-state index contributed by atoms with van der Waals surface area (Å²) in [5.74, 6) is 0.878. The molecule has 0 radical (unpaired) electrons. The summed E-state index contributed by atoms with van der Waals surface area (Å²) in [5.41, 5.74) is 3.04. The van der Waals surface area contributed by atoms with Gasteiger partial charge in [0.2, 0.25) is 0 Å². The molecule has 1 aliphatic rings. The van der Waals surface area contributed by atoms with Crippen LogP contribution in [0.1, 0.15) is 24.0 Å². The molecule has 0 unspecified atom stereocenters. The Kier molecular flexibility index (Phi) is 5.10. The van der Waals surface area contributed by atoms with Crippen LogP contribution in [0.3, 0.4) is 0 Å². The van der Waals surface area contributed by atoms with Crippen LogP contribution < -0.4 is 5.32 Å². The summed E-state index contributed by atoms with van der Waals surface area (Å²) in [6.07, 6.45) is 0.669. The van der Waals surface area contributed by atoms with Crippen LogP contribution in [0.15, 0.2) is 53.4 Å². The van der Waals surface area contributed by atoms with Gasteiger partial charge >= 0.3 is 6.18 Å². The van der Waals surface area contributed by atoms with Crippen LogP contribution in [-0.2, 0) is 12.6 Å². The number of alkyl halides is 3. The second-order valence-corrected chi connectivity index (χ2v) is 7.56. The van der Waals surface area contributed by atoms with Crippen LogP contribution >= 0.6 is 11.8 Å². The average Bonchev–Trinajstić information content (AvgIpc) is 2.88. The summed E-state index contributed by atoms with van der Waals surface area (Å²) >= 11 is 1.66. The molecule has 28 heavy (non-hydrogen) atoms. The van der Waals surface area contributed by atoms with E-state index in [2.05, 4.69) is 17.4 Å². The van der Waals surface area contributed by atoms with Gasteiger partial charge in [-0.15, -0.1) is 11.8 Å². The van der Waals surface area contributed by atoms with Gasteiger partial charge in [-0.05, 0) is 55.9 Å². The Balaban J connectivity index is 1.86. The highest BCUT2D eigenvalue weighted by Gasteiger charge is 2.30. The predicted octanol–water partition coefficient (Wildman–Crippen LogP) is 6.03. The SMILES string of the molecule is CSc1ccccc1-c1nn(-c2ccc(C(F)(F)F)cc2)c2c1CCCCN2. The Morgan fingerprint density at radius 2 is 1.79 bits per heavy atom. The maximum Gasteiger partial charge on any atom is 0.416 e. The Morgan fingerprint density at radius 3 is 2.50 bits per heavy atom. The van der Waals surface area contributed by atoms with Crippen LogP contribution in [0.2, 0.25) is 0 Å². The molecule has 1 N–H and O–H groups in total. The quantitative estimate of drug-likeness (QED) is 0.542. The smallest absolute Gasteiger partial charge is 0.370 e. The zero-order valence-corrected chi connectivity index (χ0v) is 16.2. The fraction of sp³-hybridized carbons (Fsp3) is 0.286. The lowest BCUT2D eigenvalue weighted by Gasteiger charge is -2.11. The van der Waals surface area contributed by atoms with Crippen molar-refractivity contribution in [3.05, 3.63) is 59.7 Å². The number of rotatable bonds is 3. The van der Waals surface area contributed by atoms with Gasteiger partial charge in [0.15, 0.2) is 0 Å². The van der Waals surface area contributed by atoms with Crippen molar-refractivity contribution in [3.63, 3.8) is 0 Å². The summed E-state index contributed by atoms with van der Waals surface area (Å²) in [6.45, 7) is 0.822. The molecule has 0 atom stereocenters. The Labute approximate surface area is 166 Å². The van der Waals surface area contributed by atoms with E-state index in [1.807, 2.05) is 18.4 Å². The number of halogens is 3. The fourth-order valence-corrected chi connectivity index (χ4v) is 4.14. The number of nitrogens with one attached hydrogen (secondary N) is 1. The molecule has 0 saturated carbocycles. The van der Waals surface area contributed by atoms with E-state index in [9.17, 15) is 13.2 Å². The van der Waals surface area contributed by atoms with Gasteiger partial charge < -0.3 is 5.32 Å². The molecule has 1 aliphatic heterocycles. The van der Waals surface area contributed by atoms with Crippen LogP contribution in [0, 0.1) is 0 Å². The van der Waals surface area contributed by atoms with Gasteiger partial charge in [0, 0.05) is 22.6 Å². The van der Waals surface area contributed by atoms with Crippen LogP contribution in [0.5, 0.6) is 0 Å². The second kappa shape index (κ2) is 7.54. The number of benzene rings is 2. The van der Waals surface area contributed by atoms with Crippen LogP contribution in [-0.4, -0.2) is 22.6 Å². The lowest BCUT2D eigenvalue weighted by Crippen LogP contribution is -2.08. The number of aromatic nitrogens is 2. The molecule has 0 bridgehead atoms. The molecule has 7 heteroatoms. The van der Waals surface area contributed by atoms with Gasteiger partial charge in [-0.25, -0.2) is 4.68 Å². The molecule has 0 saturated heterocycles. The first-order chi connectivity index (χ1) is 13.5. The minimum absolute atomic E-state index is 0.617. The summed E-state index contributed by atoms with van der Waals surface area (Å²) in [4.78, 5) is 1.13. The predicted molar refractivity (Wildman–Crippen MR) is 107 cm³/mol. The third-order valence-electron chi connectivity index (χ3n) is 4.93. The minimum atomic E-state index is -4.35. The van der Waals surface area contributed by atoms with Crippen molar-refractivity contribution >= 4 is 17.6 Å². The van der Waals surface area contributed by atoms with Gasteiger partial charge in [0.25, 0.3) is 0 Å². The standard InChI is InChI=1S/C21H20F3N3S/c1-28-18-8-3-2-6-16(18)19-17-7-4-5-13-25-20(17)27(26-19)15-11-9-14(10-12-15)21(22,23)24/h2-3,6,8-12,25H,4-5,7,13H2,1H3. The van der Waals surface area contributed by atoms with Crippen molar-refractivity contribution in [1.29, 1.82) is 0 Å². The third kappa shape index (κ3) is 3.51. The molecule has 0 spiro atoms. The summed E-state index contributed by atoms with van der Waals surface area (Å²) in [6, 6.07) is 13.3. The molecule has 4 rings (SSSR count). The first-order valence-electron chi connectivity index (χ1n) is 9.16. The molecule has 2 heterocycles. The number of anilines is 1. The molecule has 0 amide bonds. The van der Waals surface area contributed by atoms with Crippen molar-refractivity contribution in [2.75, 3.05) is 18.1 Å². The van der Waals surface area contributed by atoms with E-state index >= 15 is 0 Å². The van der Waals surface area contributed by atoms with Crippen LogP contribution in [0.25, 0.3) is 16.9 Å². The van der Waals surface area contributed by atoms with Crippen molar-refractivity contribution in [3.8, 4) is 16.9 Å². The third-order valence-corrected chi connectivity index (χ3v) is 5.73. The molecule has 0 aliphatic carbocycles. The molecule has 2 aromatic carbocycles. The highest BCUT2D eigenvalue weighted by molar-refractivity contribution is 7.98. The molecule has 146 valence electrons. The second-order valence-electron chi connectivity index (χ2n) is 6.72. The lowest BCUT2D eigenvalue weighted by molar-refractivity contribution is -0.137. The number of thioether (sulfide) groups is 1. The molecular weight excluding hydrogens is 383 g/mol. The van der Waals surface area contributed by atoms with E-state index in [0.29, 0.717) is 5.69 Å². The summed E-state index contributed by atoms with van der Waals surface area (Å²) in [7, 11) is 0. The van der Waals surface area contributed by atoms with Gasteiger partial charge in [0.1, 0.15) is 5.82 Å². The summed E-state index contributed by atoms with van der Waals surface area (Å²) < 4.78 is 40.5. The van der Waals surface area contributed by atoms with Crippen molar-refractivity contribution in [2.24, 2.45) is 0 Å². The number of fused-ring (bicyclic) bond motifs is 1. The highest BCUT2D eigenvalue weighted by atomic mass is 32.2. The minimum Gasteiger partial charge on any atom is -0.370 e. The maximum absolute atomic E-state index is 12.9. The first-order valence-corrected chi connectivity index (χ1v) is 10.4. The molecule has 3 aromatic rings. The van der Waals surface area contributed by atoms with E-state index in [0.717, 1.165) is 65.5 Å². The summed E-state index contributed by atoms with van der Waals surface area (Å²) in [5, 5.41) is 8.27. The average molecular weight is 403 g/mol. The van der Waals surface area contributed by atoms with Gasteiger partial charge in [-0.1, -0.05) is 18.2 Å². The number of hydrogen-bond acceptors (Lipinski definition) is 3. The van der Waals surface area contributed by atoms with Gasteiger partial charge in [-0.3, -0.25) is 0 Å². The molecule has 3 nitrogen and oxygen atoms in total. The number of nitrogens with zero attached hydrogens (tertiary/aromatic N) is 2. The highest BCUT2D eigenvalue weighted by Crippen LogP contribution is 2.38. The Morgan fingerprint density at radius 1 is 1.04 bits per heavy atom. The van der Waals surface area contributed by atoms with Crippen LogP contribution in [0.4, 0.5) is 19.0 Å². The first kappa shape index (κ1) is 18.9. The van der Waals surface area contributed by atoms with Crippen molar-refractivity contribution in [1.82, 2.24) is 9.78 Å². The normalized spacial score (nSPS) is 14.3. The number of hydrogen-bond donors (Lipinski definition) is 1. The molecule has 0 fully saturated rings.